The molecule has 10 nitrogen and oxygen atoms in total. The molecule has 4 aromatic carbocycles. The summed E-state index contributed by atoms with van der Waals surface area (Å²) < 4.78 is 139. The standard InChI is InChI=1S/C54H66O10S5/c1-41(2)33-51(66(57,58)47-21-13-9-14-22-47)37-45(7)39-53(68(61,62)49-25-17-11-18-26-49)35-43(5)29-31-65(55,56)32-30-44(6)36-54(69(63,64)50-27-19-12-20-28-50)40-46(8)38-52(34-42(3)4)67(59,60)48-23-15-10-16-24-48/h9-30,33-34,39-40,51-54H,31-32,35-38H2,1-8H3/b43-29+,44-30+,45-39+,46-40+. The van der Waals surface area contributed by atoms with Crippen molar-refractivity contribution in [3.05, 3.63) is 191 Å². The summed E-state index contributed by atoms with van der Waals surface area (Å²) >= 11 is 0. The lowest BCUT2D eigenvalue weighted by Crippen LogP contribution is -2.23. The van der Waals surface area contributed by atoms with Crippen molar-refractivity contribution >= 4 is 49.2 Å². The van der Waals surface area contributed by atoms with Crippen LogP contribution in [0, 0.1) is 0 Å². The molecule has 4 atom stereocenters. The van der Waals surface area contributed by atoms with Gasteiger partial charge in [-0.15, -0.1) is 0 Å². The SMILES string of the molecule is CC(C)=CC(C/C(C)=C/C(C/C(C)=C/CS(=O)(=O)C/C=C(\C)CC(/C=C(\C)CC(C=C(C)C)S(=O)(=O)c1ccccc1)S(=O)(=O)c1ccccc1)S(=O)(=O)c1ccccc1)S(=O)(=O)c1ccccc1. The monoisotopic (exact) mass is 1030 g/mol. The van der Waals surface area contributed by atoms with Crippen LogP contribution in [0.15, 0.2) is 211 Å². The number of benzene rings is 4. The molecule has 0 radical (unpaired) electrons. The second-order valence-corrected chi connectivity index (χ2v) is 28.9. The van der Waals surface area contributed by atoms with Crippen LogP contribution in [-0.2, 0) is 49.2 Å². The Labute approximate surface area is 413 Å². The molecule has 0 aliphatic rings. The molecule has 0 aliphatic carbocycles. The molecule has 15 heteroatoms. The van der Waals surface area contributed by atoms with Crippen LogP contribution in [0.5, 0.6) is 0 Å². The van der Waals surface area contributed by atoms with Gasteiger partial charge in [0.1, 0.15) is 0 Å². The summed E-state index contributed by atoms with van der Waals surface area (Å²) in [7, 11) is -19.6. The number of allylic oxidation sites excluding steroid dienone is 6. The van der Waals surface area contributed by atoms with Gasteiger partial charge in [-0.2, -0.15) is 0 Å². The van der Waals surface area contributed by atoms with Gasteiger partial charge < -0.3 is 0 Å². The fourth-order valence-corrected chi connectivity index (χ4v) is 16.1. The molecule has 0 saturated carbocycles. The van der Waals surface area contributed by atoms with Crippen molar-refractivity contribution in [1.82, 2.24) is 0 Å². The van der Waals surface area contributed by atoms with Crippen LogP contribution >= 0.6 is 0 Å². The Bertz CT molecular complexity index is 2920. The number of rotatable bonds is 24. The van der Waals surface area contributed by atoms with Crippen LogP contribution in [0.25, 0.3) is 0 Å². The van der Waals surface area contributed by atoms with Gasteiger partial charge in [-0.1, -0.05) is 143 Å². The Morgan fingerprint density at radius 3 is 0.783 bits per heavy atom. The maximum Gasteiger partial charge on any atom is 0.185 e. The van der Waals surface area contributed by atoms with E-state index < -0.39 is 81.7 Å². The smallest absolute Gasteiger partial charge is 0.185 e. The highest BCUT2D eigenvalue weighted by molar-refractivity contribution is 7.93. The Hall–Kier alpha value is -4.93. The van der Waals surface area contributed by atoms with Crippen molar-refractivity contribution in [3.8, 4) is 0 Å². The summed E-state index contributed by atoms with van der Waals surface area (Å²) in [5, 5.41) is -4.22. The van der Waals surface area contributed by atoms with E-state index in [4.69, 9.17) is 0 Å². The molecular formula is C54H66O10S5. The summed E-state index contributed by atoms with van der Waals surface area (Å²) in [4.78, 5) is 0.447. The van der Waals surface area contributed by atoms with Crippen LogP contribution in [0.3, 0.4) is 0 Å². The van der Waals surface area contributed by atoms with E-state index in [-0.39, 0.29) is 45.3 Å². The molecule has 4 unspecified atom stereocenters. The molecule has 0 amide bonds. The van der Waals surface area contributed by atoms with E-state index in [1.807, 2.05) is 0 Å². The van der Waals surface area contributed by atoms with E-state index >= 15 is 0 Å². The maximum atomic E-state index is 14.2. The molecule has 0 spiro atoms. The minimum Gasteiger partial charge on any atom is -0.228 e. The van der Waals surface area contributed by atoms with Crippen LogP contribution in [0.2, 0.25) is 0 Å². The maximum absolute atomic E-state index is 14.2. The summed E-state index contributed by atoms with van der Waals surface area (Å²) in [6.07, 6.45) is 9.33. The molecule has 0 saturated heterocycles. The fourth-order valence-electron chi connectivity index (χ4n) is 7.73. The van der Waals surface area contributed by atoms with Crippen molar-refractivity contribution in [2.24, 2.45) is 0 Å². The molecule has 0 N–H and O–H groups in total. The third-order valence-electron chi connectivity index (χ3n) is 11.3. The molecule has 0 bridgehead atoms. The summed E-state index contributed by atoms with van der Waals surface area (Å²) in [6, 6.07) is 32.0. The van der Waals surface area contributed by atoms with Crippen LogP contribution in [0.1, 0.15) is 81.1 Å². The average Bonchev–Trinajstić information content (AvgIpc) is 3.30. The molecule has 372 valence electrons. The first kappa shape index (κ1) is 56.7. The zero-order valence-electron chi connectivity index (χ0n) is 40.7. The first-order valence-corrected chi connectivity index (χ1v) is 30.6. The summed E-state index contributed by atoms with van der Waals surface area (Å²) in [6.45, 7) is 13.9. The van der Waals surface area contributed by atoms with Gasteiger partial charge in [-0.05, 0) is 130 Å². The normalized spacial score (nSPS) is 15.4. The van der Waals surface area contributed by atoms with E-state index in [0.29, 0.717) is 22.3 Å². The predicted molar refractivity (Wildman–Crippen MR) is 281 cm³/mol. The van der Waals surface area contributed by atoms with Crippen molar-refractivity contribution in [3.63, 3.8) is 0 Å². The quantitative estimate of drug-likeness (QED) is 0.0615. The van der Waals surface area contributed by atoms with Gasteiger partial charge in [-0.3, -0.25) is 0 Å². The lowest BCUT2D eigenvalue weighted by Gasteiger charge is -2.19. The Kier molecular flexibility index (Phi) is 20.3. The van der Waals surface area contributed by atoms with Gasteiger partial charge in [0.15, 0.2) is 49.2 Å². The highest BCUT2D eigenvalue weighted by atomic mass is 32.2. The molecule has 69 heavy (non-hydrogen) atoms. The van der Waals surface area contributed by atoms with Gasteiger partial charge in [0.2, 0.25) is 0 Å². The second-order valence-electron chi connectivity index (χ2n) is 18.1. The highest BCUT2D eigenvalue weighted by Gasteiger charge is 2.31. The lowest BCUT2D eigenvalue weighted by molar-refractivity contribution is 0.583. The number of hydrogen-bond acceptors (Lipinski definition) is 10. The first-order valence-electron chi connectivity index (χ1n) is 22.6. The molecular weight excluding hydrogens is 969 g/mol. The van der Waals surface area contributed by atoms with E-state index in [1.54, 1.807) is 152 Å². The van der Waals surface area contributed by atoms with Gasteiger partial charge in [0.25, 0.3) is 0 Å². The highest BCUT2D eigenvalue weighted by Crippen LogP contribution is 2.30. The van der Waals surface area contributed by atoms with Crippen molar-refractivity contribution < 1.29 is 42.1 Å². The van der Waals surface area contributed by atoms with Gasteiger partial charge in [0, 0.05) is 0 Å². The molecule has 0 heterocycles. The Morgan fingerprint density at radius 2 is 0.551 bits per heavy atom. The summed E-state index contributed by atoms with van der Waals surface area (Å²) in [5.41, 5.74) is 3.61. The van der Waals surface area contributed by atoms with E-state index in [0.717, 1.165) is 11.1 Å². The van der Waals surface area contributed by atoms with Gasteiger partial charge in [-0.25, -0.2) is 42.1 Å². The lowest BCUT2D eigenvalue weighted by atomic mass is 10.1. The van der Waals surface area contributed by atoms with E-state index in [2.05, 4.69) is 0 Å². The second kappa shape index (κ2) is 24.8. The molecule has 0 aromatic heterocycles. The number of sulfone groups is 5. The first-order chi connectivity index (χ1) is 32.2. The largest absolute Gasteiger partial charge is 0.228 e. The van der Waals surface area contributed by atoms with Gasteiger partial charge in [0.05, 0.1) is 52.1 Å². The topological polar surface area (TPSA) is 171 Å². The minimum absolute atomic E-state index is 0.0293. The van der Waals surface area contributed by atoms with Gasteiger partial charge >= 0.3 is 0 Å². The van der Waals surface area contributed by atoms with E-state index in [1.165, 1.54) is 60.7 Å². The molecule has 4 rings (SSSR count). The molecule has 0 aliphatic heterocycles. The number of hydrogen-bond donors (Lipinski definition) is 0. The molecule has 0 fully saturated rings. The predicted octanol–water partition coefficient (Wildman–Crippen LogP) is 11.0. The third-order valence-corrected chi connectivity index (χ3v) is 20.8. The van der Waals surface area contributed by atoms with Crippen LogP contribution in [0.4, 0.5) is 0 Å². The van der Waals surface area contributed by atoms with Crippen molar-refractivity contribution in [1.29, 1.82) is 0 Å². The van der Waals surface area contributed by atoms with Crippen LogP contribution in [-0.4, -0.2) is 74.6 Å². The minimum atomic E-state index is -4.03. The van der Waals surface area contributed by atoms with Crippen molar-refractivity contribution in [2.75, 3.05) is 11.5 Å². The average molecular weight is 1040 g/mol. The summed E-state index contributed by atoms with van der Waals surface area (Å²) in [5.74, 6) is -0.846. The van der Waals surface area contributed by atoms with E-state index in [9.17, 15) is 42.1 Å². The zero-order valence-corrected chi connectivity index (χ0v) is 44.8. The van der Waals surface area contributed by atoms with Crippen molar-refractivity contribution in [2.45, 2.75) is 122 Å². The zero-order chi connectivity index (χ0) is 51.2. The molecule has 4 aromatic rings. The van der Waals surface area contributed by atoms with Crippen LogP contribution < -0.4 is 0 Å². The third kappa shape index (κ3) is 16.6. The Balaban J connectivity index is 1.60. The fraction of sp³-hybridized carbons (Fsp3) is 0.333. The Morgan fingerprint density at radius 1 is 0.333 bits per heavy atom.